The average Bonchev–Trinajstić information content (AvgIpc) is 2.82. The van der Waals surface area contributed by atoms with E-state index in [4.69, 9.17) is 4.42 Å². The van der Waals surface area contributed by atoms with Crippen molar-refractivity contribution in [1.29, 1.82) is 0 Å². The Balaban J connectivity index is 1.86. The number of rotatable bonds is 4. The Morgan fingerprint density at radius 2 is 2.22 bits per heavy atom. The molecule has 0 radical (unpaired) electrons. The number of hydrogen-bond acceptors (Lipinski definition) is 3. The first-order chi connectivity index (χ1) is 8.72. The summed E-state index contributed by atoms with van der Waals surface area (Å²) in [6, 6.07) is 1.77. The Kier molecular flexibility index (Phi) is 4.42. The quantitative estimate of drug-likeness (QED) is 0.889. The lowest BCUT2D eigenvalue weighted by molar-refractivity contribution is 0.0688. The molecule has 1 aromatic rings. The molecule has 18 heavy (non-hydrogen) atoms. The molecule has 0 saturated carbocycles. The van der Waals surface area contributed by atoms with Crippen molar-refractivity contribution in [2.75, 3.05) is 26.2 Å². The first-order valence-corrected chi connectivity index (χ1v) is 6.76. The first-order valence-electron chi connectivity index (χ1n) is 6.76. The maximum absolute atomic E-state index is 12.3. The van der Waals surface area contributed by atoms with Gasteiger partial charge in [0.1, 0.15) is 5.76 Å². The lowest BCUT2D eigenvalue weighted by Gasteiger charge is -2.32. The number of aryl methyl sites for hydroxylation is 1. The van der Waals surface area contributed by atoms with Crippen molar-refractivity contribution in [2.45, 2.75) is 26.7 Å². The topological polar surface area (TPSA) is 45.5 Å². The van der Waals surface area contributed by atoms with Gasteiger partial charge in [0.15, 0.2) is 0 Å². The Morgan fingerprint density at radius 3 is 2.78 bits per heavy atom. The molecule has 0 aliphatic carbocycles. The van der Waals surface area contributed by atoms with Crippen molar-refractivity contribution in [3.8, 4) is 0 Å². The number of carbonyl (C=O) groups is 1. The molecular formula is C14H22N2O2. The van der Waals surface area contributed by atoms with Crippen LogP contribution in [0.15, 0.2) is 16.7 Å². The SMILES string of the molecule is CCNCC1CCN(C(=O)c2ccoc2C)CC1. The van der Waals surface area contributed by atoms with Gasteiger partial charge in [-0.25, -0.2) is 0 Å². The van der Waals surface area contributed by atoms with Gasteiger partial charge in [-0.3, -0.25) is 4.79 Å². The summed E-state index contributed by atoms with van der Waals surface area (Å²) in [4.78, 5) is 14.2. The standard InChI is InChI=1S/C14H22N2O2/c1-3-15-10-12-4-7-16(8-5-12)14(17)13-6-9-18-11(13)2/h6,9,12,15H,3-5,7-8,10H2,1-2H3. The van der Waals surface area contributed by atoms with Crippen LogP contribution in [0.5, 0.6) is 0 Å². The molecular weight excluding hydrogens is 228 g/mol. The molecule has 4 nitrogen and oxygen atoms in total. The predicted molar refractivity (Wildman–Crippen MR) is 70.6 cm³/mol. The lowest BCUT2D eigenvalue weighted by Crippen LogP contribution is -2.40. The van der Waals surface area contributed by atoms with Gasteiger partial charge in [0.25, 0.3) is 5.91 Å². The number of hydrogen-bond donors (Lipinski definition) is 1. The van der Waals surface area contributed by atoms with Crippen molar-refractivity contribution >= 4 is 5.91 Å². The Bertz CT molecular complexity index is 392. The third-order valence-corrected chi connectivity index (χ3v) is 3.67. The van der Waals surface area contributed by atoms with Gasteiger partial charge in [-0.2, -0.15) is 0 Å². The highest BCUT2D eigenvalue weighted by atomic mass is 16.3. The van der Waals surface area contributed by atoms with Gasteiger partial charge >= 0.3 is 0 Å². The highest BCUT2D eigenvalue weighted by Crippen LogP contribution is 2.20. The molecule has 100 valence electrons. The van der Waals surface area contributed by atoms with Crippen LogP contribution in [0, 0.1) is 12.8 Å². The van der Waals surface area contributed by atoms with Crippen LogP contribution in [0.3, 0.4) is 0 Å². The van der Waals surface area contributed by atoms with Gasteiger partial charge < -0.3 is 14.6 Å². The Morgan fingerprint density at radius 1 is 1.50 bits per heavy atom. The van der Waals surface area contributed by atoms with E-state index in [1.165, 1.54) is 0 Å². The van der Waals surface area contributed by atoms with Crippen LogP contribution in [0.4, 0.5) is 0 Å². The molecule has 1 fully saturated rings. The molecule has 4 heteroatoms. The summed E-state index contributed by atoms with van der Waals surface area (Å²) in [5.41, 5.74) is 0.708. The molecule has 2 heterocycles. The number of nitrogens with zero attached hydrogens (tertiary/aromatic N) is 1. The van der Waals surface area contributed by atoms with E-state index in [2.05, 4.69) is 12.2 Å². The molecule has 0 unspecified atom stereocenters. The molecule has 0 bridgehead atoms. The highest BCUT2D eigenvalue weighted by molar-refractivity contribution is 5.95. The van der Waals surface area contributed by atoms with E-state index < -0.39 is 0 Å². The first kappa shape index (κ1) is 13.1. The number of likely N-dealkylation sites (tertiary alicyclic amines) is 1. The normalized spacial score (nSPS) is 17.1. The van der Waals surface area contributed by atoms with E-state index in [9.17, 15) is 4.79 Å². The van der Waals surface area contributed by atoms with Crippen LogP contribution < -0.4 is 5.32 Å². The van der Waals surface area contributed by atoms with Gasteiger partial charge in [-0.05, 0) is 44.8 Å². The third-order valence-electron chi connectivity index (χ3n) is 3.67. The largest absolute Gasteiger partial charge is 0.469 e. The molecule has 1 aliphatic rings. The molecule has 1 N–H and O–H groups in total. The van der Waals surface area contributed by atoms with Crippen molar-refractivity contribution in [3.63, 3.8) is 0 Å². The second-order valence-electron chi connectivity index (χ2n) is 4.93. The van der Waals surface area contributed by atoms with Gasteiger partial charge in [-0.1, -0.05) is 6.92 Å². The van der Waals surface area contributed by atoms with Crippen LogP contribution >= 0.6 is 0 Å². The zero-order valence-corrected chi connectivity index (χ0v) is 11.2. The number of amides is 1. The van der Waals surface area contributed by atoms with E-state index in [-0.39, 0.29) is 5.91 Å². The zero-order chi connectivity index (χ0) is 13.0. The predicted octanol–water partition coefficient (Wildman–Crippen LogP) is 2.05. The third kappa shape index (κ3) is 2.93. The van der Waals surface area contributed by atoms with Gasteiger partial charge in [-0.15, -0.1) is 0 Å². The summed E-state index contributed by atoms with van der Waals surface area (Å²) in [5.74, 6) is 1.54. The smallest absolute Gasteiger partial charge is 0.257 e. The minimum atomic E-state index is 0.114. The van der Waals surface area contributed by atoms with Crippen LogP contribution in [0.1, 0.15) is 35.9 Å². The Labute approximate surface area is 108 Å². The van der Waals surface area contributed by atoms with Crippen molar-refractivity contribution in [2.24, 2.45) is 5.92 Å². The van der Waals surface area contributed by atoms with Gasteiger partial charge in [0, 0.05) is 13.1 Å². The van der Waals surface area contributed by atoms with Crippen molar-refractivity contribution in [1.82, 2.24) is 10.2 Å². The molecule has 1 aromatic heterocycles. The van der Waals surface area contributed by atoms with Crippen LogP contribution in [-0.4, -0.2) is 37.0 Å². The average molecular weight is 250 g/mol. The van der Waals surface area contributed by atoms with Crippen LogP contribution in [0.2, 0.25) is 0 Å². The van der Waals surface area contributed by atoms with E-state index >= 15 is 0 Å². The fourth-order valence-corrected chi connectivity index (χ4v) is 2.47. The summed E-state index contributed by atoms with van der Waals surface area (Å²) >= 11 is 0. The molecule has 0 spiro atoms. The minimum absolute atomic E-state index is 0.114. The number of nitrogens with one attached hydrogen (secondary N) is 1. The monoisotopic (exact) mass is 250 g/mol. The fraction of sp³-hybridized carbons (Fsp3) is 0.643. The van der Waals surface area contributed by atoms with Gasteiger partial charge in [0.2, 0.25) is 0 Å². The second kappa shape index (κ2) is 6.05. The number of piperidine rings is 1. The van der Waals surface area contributed by atoms with Crippen molar-refractivity contribution in [3.05, 3.63) is 23.7 Å². The summed E-state index contributed by atoms with van der Waals surface area (Å²) in [6.07, 6.45) is 3.77. The molecule has 1 amide bonds. The maximum Gasteiger partial charge on any atom is 0.257 e. The van der Waals surface area contributed by atoms with E-state index in [1.54, 1.807) is 12.3 Å². The number of carbonyl (C=O) groups excluding carboxylic acids is 1. The molecule has 0 atom stereocenters. The Hall–Kier alpha value is -1.29. The van der Waals surface area contributed by atoms with Crippen LogP contribution in [-0.2, 0) is 0 Å². The van der Waals surface area contributed by atoms with Crippen molar-refractivity contribution < 1.29 is 9.21 Å². The van der Waals surface area contributed by atoms with E-state index in [0.29, 0.717) is 11.5 Å². The van der Waals surface area contributed by atoms with Crippen LogP contribution in [0.25, 0.3) is 0 Å². The molecule has 1 aliphatic heterocycles. The summed E-state index contributed by atoms with van der Waals surface area (Å²) in [6.45, 7) is 7.78. The zero-order valence-electron chi connectivity index (χ0n) is 11.2. The van der Waals surface area contributed by atoms with E-state index in [1.807, 2.05) is 11.8 Å². The second-order valence-corrected chi connectivity index (χ2v) is 4.93. The summed E-state index contributed by atoms with van der Waals surface area (Å²) in [7, 11) is 0. The summed E-state index contributed by atoms with van der Waals surface area (Å²) < 4.78 is 5.19. The van der Waals surface area contributed by atoms with Gasteiger partial charge in [0.05, 0.1) is 11.8 Å². The molecule has 1 saturated heterocycles. The highest BCUT2D eigenvalue weighted by Gasteiger charge is 2.24. The lowest BCUT2D eigenvalue weighted by atomic mass is 9.96. The maximum atomic E-state index is 12.3. The minimum Gasteiger partial charge on any atom is -0.469 e. The molecule has 0 aromatic carbocycles. The fourth-order valence-electron chi connectivity index (χ4n) is 2.47. The molecule has 2 rings (SSSR count). The summed E-state index contributed by atoms with van der Waals surface area (Å²) in [5, 5.41) is 3.38. The number of furan rings is 1. The van der Waals surface area contributed by atoms with E-state index in [0.717, 1.165) is 44.8 Å².